The summed E-state index contributed by atoms with van der Waals surface area (Å²) >= 11 is 5.95. The second kappa shape index (κ2) is 8.37. The number of nitrogens with one attached hydrogen (secondary N) is 2. The molecule has 27 heavy (non-hydrogen) atoms. The highest BCUT2D eigenvalue weighted by Crippen LogP contribution is 2.29. The number of benzene rings is 2. The number of carbonyl (C=O) groups is 1. The van der Waals surface area contributed by atoms with Crippen LogP contribution in [0, 0.1) is 0 Å². The normalized spacial score (nSPS) is 10.2. The molecule has 3 aromatic rings. The van der Waals surface area contributed by atoms with Crippen LogP contribution in [-0.2, 0) is 0 Å². The summed E-state index contributed by atoms with van der Waals surface area (Å²) in [6.45, 7) is 0. The van der Waals surface area contributed by atoms with Gasteiger partial charge < -0.3 is 20.1 Å². The first-order valence-electron chi connectivity index (χ1n) is 7.97. The third-order valence-electron chi connectivity index (χ3n) is 3.64. The quantitative estimate of drug-likeness (QED) is 0.664. The van der Waals surface area contributed by atoms with E-state index in [-0.39, 0.29) is 5.69 Å². The minimum absolute atomic E-state index is 0.163. The van der Waals surface area contributed by atoms with Gasteiger partial charge in [0.15, 0.2) is 0 Å². The molecule has 2 aromatic carbocycles. The fourth-order valence-electron chi connectivity index (χ4n) is 2.32. The van der Waals surface area contributed by atoms with E-state index in [1.807, 2.05) is 12.1 Å². The highest BCUT2D eigenvalue weighted by Gasteiger charge is 2.13. The average molecular weight is 385 g/mol. The number of methoxy groups -OCH3 is 2. The summed E-state index contributed by atoms with van der Waals surface area (Å²) in [5.74, 6) is 1.19. The molecule has 3 rings (SSSR count). The van der Waals surface area contributed by atoms with Crippen LogP contribution in [0.15, 0.2) is 54.9 Å². The molecule has 0 saturated heterocycles. The Bertz CT molecular complexity index is 948. The first-order valence-corrected chi connectivity index (χ1v) is 8.35. The summed E-state index contributed by atoms with van der Waals surface area (Å²) < 4.78 is 10.4. The summed E-state index contributed by atoms with van der Waals surface area (Å²) in [5.41, 5.74) is 1.41. The molecule has 0 spiro atoms. The van der Waals surface area contributed by atoms with Crippen LogP contribution in [0.5, 0.6) is 11.5 Å². The number of aromatic nitrogens is 2. The molecule has 0 aliphatic heterocycles. The fraction of sp³-hybridized carbons (Fsp3) is 0.105. The van der Waals surface area contributed by atoms with Crippen LogP contribution < -0.4 is 20.1 Å². The Morgan fingerprint density at radius 1 is 1.04 bits per heavy atom. The maximum Gasteiger partial charge on any atom is 0.275 e. The topological polar surface area (TPSA) is 85.4 Å². The van der Waals surface area contributed by atoms with Gasteiger partial charge in [0, 0.05) is 16.8 Å². The van der Waals surface area contributed by atoms with Gasteiger partial charge in [0.1, 0.15) is 23.0 Å². The second-order valence-electron chi connectivity index (χ2n) is 5.44. The van der Waals surface area contributed by atoms with Crippen molar-refractivity contribution < 1.29 is 14.3 Å². The van der Waals surface area contributed by atoms with Crippen molar-refractivity contribution in [2.75, 3.05) is 24.9 Å². The molecular weight excluding hydrogens is 368 g/mol. The largest absolute Gasteiger partial charge is 0.497 e. The van der Waals surface area contributed by atoms with Gasteiger partial charge in [-0.3, -0.25) is 4.79 Å². The first-order chi connectivity index (χ1) is 13.1. The molecule has 8 heteroatoms. The number of hydrogen-bond donors (Lipinski definition) is 2. The number of rotatable bonds is 6. The zero-order valence-corrected chi connectivity index (χ0v) is 15.4. The highest BCUT2D eigenvalue weighted by atomic mass is 35.5. The van der Waals surface area contributed by atoms with Crippen LogP contribution in [0.2, 0.25) is 5.02 Å². The van der Waals surface area contributed by atoms with Crippen molar-refractivity contribution in [2.45, 2.75) is 0 Å². The Hall–Kier alpha value is -3.32. The second-order valence-corrected chi connectivity index (χ2v) is 5.88. The molecule has 2 N–H and O–H groups in total. The number of carbonyl (C=O) groups excluding carboxylic acids is 1. The van der Waals surface area contributed by atoms with Gasteiger partial charge in [-0.1, -0.05) is 17.7 Å². The molecule has 0 saturated carbocycles. The summed E-state index contributed by atoms with van der Waals surface area (Å²) in [6.07, 6.45) is 2.85. The predicted molar refractivity (Wildman–Crippen MR) is 104 cm³/mol. The first kappa shape index (κ1) is 18.5. The van der Waals surface area contributed by atoms with E-state index in [2.05, 4.69) is 20.6 Å². The Morgan fingerprint density at radius 3 is 2.56 bits per heavy atom. The molecule has 1 heterocycles. The van der Waals surface area contributed by atoms with Gasteiger partial charge in [-0.15, -0.1) is 0 Å². The molecule has 1 aromatic heterocycles. The van der Waals surface area contributed by atoms with Crippen molar-refractivity contribution in [1.29, 1.82) is 0 Å². The van der Waals surface area contributed by atoms with Crippen LogP contribution in [0.25, 0.3) is 0 Å². The summed E-state index contributed by atoms with van der Waals surface area (Å²) in [5, 5.41) is 6.42. The monoisotopic (exact) mass is 384 g/mol. The van der Waals surface area contributed by atoms with Gasteiger partial charge in [0.2, 0.25) is 0 Å². The average Bonchev–Trinajstić information content (AvgIpc) is 2.68. The van der Waals surface area contributed by atoms with E-state index in [4.69, 9.17) is 21.1 Å². The van der Waals surface area contributed by atoms with Gasteiger partial charge in [-0.2, -0.15) is 0 Å². The number of halogens is 1. The Balaban J connectivity index is 1.72. The van der Waals surface area contributed by atoms with Crippen molar-refractivity contribution in [2.24, 2.45) is 0 Å². The molecule has 0 aliphatic carbocycles. The molecular formula is C19H17ClN4O3. The van der Waals surface area contributed by atoms with E-state index in [0.717, 1.165) is 5.69 Å². The zero-order valence-electron chi connectivity index (χ0n) is 14.7. The van der Waals surface area contributed by atoms with E-state index in [1.165, 1.54) is 19.5 Å². The summed E-state index contributed by atoms with van der Waals surface area (Å²) in [6, 6.07) is 12.3. The lowest BCUT2D eigenvalue weighted by Crippen LogP contribution is -2.15. The standard InChI is InChI=1S/C19H17ClN4O3/c1-26-14-6-7-17(27-2)15(9-14)24-19(25)16-10-22-18(11-21-16)23-13-5-3-4-12(20)8-13/h3-11H,1-2H3,(H,22,23)(H,24,25). The van der Waals surface area contributed by atoms with Gasteiger partial charge in [0.05, 0.1) is 32.3 Å². The number of nitrogens with zero attached hydrogens (tertiary/aromatic N) is 2. The van der Waals surface area contributed by atoms with Crippen LogP contribution in [0.4, 0.5) is 17.2 Å². The Labute approximate surface area is 161 Å². The smallest absolute Gasteiger partial charge is 0.275 e. The number of anilines is 3. The van der Waals surface area contributed by atoms with E-state index in [1.54, 1.807) is 37.4 Å². The lowest BCUT2D eigenvalue weighted by Gasteiger charge is -2.11. The molecule has 138 valence electrons. The molecule has 1 amide bonds. The Kier molecular flexibility index (Phi) is 5.73. The summed E-state index contributed by atoms with van der Waals surface area (Å²) in [4.78, 5) is 20.8. The summed E-state index contributed by atoms with van der Waals surface area (Å²) in [7, 11) is 3.07. The van der Waals surface area contributed by atoms with Crippen LogP contribution in [0.1, 0.15) is 10.5 Å². The van der Waals surface area contributed by atoms with Crippen molar-refractivity contribution in [3.05, 3.63) is 65.6 Å². The van der Waals surface area contributed by atoms with Crippen molar-refractivity contribution in [3.63, 3.8) is 0 Å². The minimum atomic E-state index is -0.414. The maximum atomic E-state index is 12.4. The van der Waals surface area contributed by atoms with Gasteiger partial charge in [-0.25, -0.2) is 9.97 Å². The highest BCUT2D eigenvalue weighted by molar-refractivity contribution is 6.30. The Morgan fingerprint density at radius 2 is 1.89 bits per heavy atom. The van der Waals surface area contributed by atoms with Crippen LogP contribution in [-0.4, -0.2) is 30.1 Å². The lowest BCUT2D eigenvalue weighted by molar-refractivity contribution is 0.102. The molecule has 0 bridgehead atoms. The van der Waals surface area contributed by atoms with Crippen molar-refractivity contribution in [3.8, 4) is 11.5 Å². The number of amides is 1. The molecule has 0 fully saturated rings. The SMILES string of the molecule is COc1ccc(OC)c(NC(=O)c2cnc(Nc3cccc(Cl)c3)cn2)c1. The van der Waals surface area contributed by atoms with Crippen molar-refractivity contribution >= 4 is 34.7 Å². The molecule has 0 radical (unpaired) electrons. The third-order valence-corrected chi connectivity index (χ3v) is 3.87. The van der Waals surface area contributed by atoms with E-state index in [9.17, 15) is 4.79 Å². The van der Waals surface area contributed by atoms with Crippen LogP contribution >= 0.6 is 11.6 Å². The van der Waals surface area contributed by atoms with Crippen molar-refractivity contribution in [1.82, 2.24) is 9.97 Å². The number of hydrogen-bond acceptors (Lipinski definition) is 6. The molecule has 0 atom stereocenters. The van der Waals surface area contributed by atoms with E-state index >= 15 is 0 Å². The fourth-order valence-corrected chi connectivity index (χ4v) is 2.51. The zero-order chi connectivity index (χ0) is 19.2. The predicted octanol–water partition coefficient (Wildman–Crippen LogP) is 4.14. The van der Waals surface area contributed by atoms with E-state index < -0.39 is 5.91 Å². The molecule has 7 nitrogen and oxygen atoms in total. The lowest BCUT2D eigenvalue weighted by atomic mass is 10.2. The number of ether oxygens (including phenoxy) is 2. The maximum absolute atomic E-state index is 12.4. The van der Waals surface area contributed by atoms with Gasteiger partial charge in [0.25, 0.3) is 5.91 Å². The van der Waals surface area contributed by atoms with E-state index in [0.29, 0.717) is 28.0 Å². The minimum Gasteiger partial charge on any atom is -0.497 e. The third kappa shape index (κ3) is 4.65. The molecule has 0 unspecified atom stereocenters. The van der Waals surface area contributed by atoms with Gasteiger partial charge >= 0.3 is 0 Å². The van der Waals surface area contributed by atoms with Gasteiger partial charge in [-0.05, 0) is 30.3 Å². The molecule has 0 aliphatic rings. The van der Waals surface area contributed by atoms with Crippen LogP contribution in [0.3, 0.4) is 0 Å².